The van der Waals surface area contributed by atoms with Gasteiger partial charge < -0.3 is 9.73 Å². The second-order valence-electron chi connectivity index (χ2n) is 4.83. The lowest BCUT2D eigenvalue weighted by molar-refractivity contribution is 0.503. The minimum absolute atomic E-state index is 0.279. The summed E-state index contributed by atoms with van der Waals surface area (Å²) in [7, 11) is 1.98. The average molecular weight is 262 g/mol. The Morgan fingerprint density at radius 2 is 2.06 bits per heavy atom. The summed E-state index contributed by atoms with van der Waals surface area (Å²) in [6.07, 6.45) is 2.86. The van der Waals surface area contributed by atoms with Crippen molar-refractivity contribution in [1.82, 2.24) is 5.32 Å². The molecule has 3 unspecified atom stereocenters. The molecule has 0 aliphatic heterocycles. The first-order valence-electron chi connectivity index (χ1n) is 6.26. The minimum atomic E-state index is 0.279. The van der Waals surface area contributed by atoms with Gasteiger partial charge in [-0.05, 0) is 48.5 Å². The van der Waals surface area contributed by atoms with E-state index in [9.17, 15) is 0 Å². The molecule has 0 amide bonds. The fourth-order valence-electron chi connectivity index (χ4n) is 2.79. The van der Waals surface area contributed by atoms with Crippen LogP contribution in [0, 0.1) is 5.92 Å². The molecule has 0 radical (unpaired) electrons. The summed E-state index contributed by atoms with van der Waals surface area (Å²) < 4.78 is 5.19. The average Bonchev–Trinajstić information content (AvgIpc) is 3.08. The lowest BCUT2D eigenvalue weighted by atomic mass is 10.0. The van der Waals surface area contributed by atoms with Crippen LogP contribution < -0.4 is 5.32 Å². The highest BCUT2D eigenvalue weighted by Gasteiger charge is 2.44. The minimum Gasteiger partial charge on any atom is -0.453 e. The zero-order valence-corrected chi connectivity index (χ0v) is 11.0. The van der Waals surface area contributed by atoms with Crippen molar-refractivity contribution in [2.75, 3.05) is 7.05 Å². The Morgan fingerprint density at radius 1 is 1.28 bits per heavy atom. The van der Waals surface area contributed by atoms with Crippen LogP contribution in [0.1, 0.15) is 29.5 Å². The number of hydrogen-bond acceptors (Lipinski definition) is 2. The molecule has 0 saturated heterocycles. The number of rotatable bonds is 4. The van der Waals surface area contributed by atoms with Crippen molar-refractivity contribution in [3.8, 4) is 0 Å². The lowest BCUT2D eigenvalue weighted by Crippen LogP contribution is -2.18. The molecule has 3 rings (SSSR count). The maximum absolute atomic E-state index is 6.07. The van der Waals surface area contributed by atoms with Crippen LogP contribution in [0.3, 0.4) is 0 Å². The van der Waals surface area contributed by atoms with Crippen molar-refractivity contribution in [2.24, 2.45) is 5.92 Å². The SMILES string of the molecule is CNC(c1ccoc1Cl)C1CC1c1ccccc1. The van der Waals surface area contributed by atoms with Gasteiger partial charge in [0, 0.05) is 11.6 Å². The molecule has 1 aromatic carbocycles. The van der Waals surface area contributed by atoms with E-state index in [-0.39, 0.29) is 6.04 Å². The van der Waals surface area contributed by atoms with Crippen molar-refractivity contribution in [3.63, 3.8) is 0 Å². The van der Waals surface area contributed by atoms with Gasteiger partial charge in [-0.15, -0.1) is 0 Å². The lowest BCUT2D eigenvalue weighted by Gasteiger charge is -2.15. The van der Waals surface area contributed by atoms with Gasteiger partial charge in [0.25, 0.3) is 0 Å². The Labute approximate surface area is 112 Å². The number of halogens is 1. The van der Waals surface area contributed by atoms with Crippen molar-refractivity contribution < 1.29 is 4.42 Å². The standard InChI is InChI=1S/C15H16ClNO/c1-17-14(11-7-8-18-15(11)16)13-9-12(13)10-5-3-2-4-6-10/h2-8,12-14,17H,9H2,1H3. The van der Waals surface area contributed by atoms with Crippen LogP contribution in [-0.2, 0) is 0 Å². The maximum Gasteiger partial charge on any atom is 0.197 e. The van der Waals surface area contributed by atoms with Crippen LogP contribution in [0.15, 0.2) is 47.1 Å². The van der Waals surface area contributed by atoms with Crippen molar-refractivity contribution >= 4 is 11.6 Å². The number of benzene rings is 1. The van der Waals surface area contributed by atoms with Crippen molar-refractivity contribution in [1.29, 1.82) is 0 Å². The third kappa shape index (κ3) is 2.06. The summed E-state index contributed by atoms with van der Waals surface area (Å²) in [5.41, 5.74) is 2.49. The largest absolute Gasteiger partial charge is 0.453 e. The number of nitrogens with one attached hydrogen (secondary N) is 1. The highest BCUT2D eigenvalue weighted by atomic mass is 35.5. The Balaban J connectivity index is 1.79. The molecule has 1 aliphatic carbocycles. The molecule has 1 N–H and O–H groups in total. The molecule has 1 fully saturated rings. The van der Waals surface area contributed by atoms with Gasteiger partial charge >= 0.3 is 0 Å². The summed E-state index contributed by atoms with van der Waals surface area (Å²) in [6.45, 7) is 0. The van der Waals surface area contributed by atoms with Crippen LogP contribution in [0.25, 0.3) is 0 Å². The predicted molar refractivity (Wildman–Crippen MR) is 72.8 cm³/mol. The van der Waals surface area contributed by atoms with Gasteiger partial charge in [-0.1, -0.05) is 30.3 Å². The first-order chi connectivity index (χ1) is 8.81. The second-order valence-corrected chi connectivity index (χ2v) is 5.18. The van der Waals surface area contributed by atoms with Crippen LogP contribution >= 0.6 is 11.6 Å². The molecule has 3 heteroatoms. The van der Waals surface area contributed by atoms with E-state index >= 15 is 0 Å². The summed E-state index contributed by atoms with van der Waals surface area (Å²) >= 11 is 6.07. The van der Waals surface area contributed by atoms with Crippen LogP contribution in [-0.4, -0.2) is 7.05 Å². The number of hydrogen-bond donors (Lipinski definition) is 1. The highest BCUT2D eigenvalue weighted by Crippen LogP contribution is 2.54. The highest BCUT2D eigenvalue weighted by molar-refractivity contribution is 6.29. The monoisotopic (exact) mass is 261 g/mol. The summed E-state index contributed by atoms with van der Waals surface area (Å²) in [5.74, 6) is 1.24. The Bertz CT molecular complexity index is 522. The summed E-state index contributed by atoms with van der Waals surface area (Å²) in [4.78, 5) is 0. The molecule has 1 aliphatic rings. The van der Waals surface area contributed by atoms with Crippen molar-refractivity contribution in [2.45, 2.75) is 18.4 Å². The van der Waals surface area contributed by atoms with E-state index in [1.54, 1.807) is 6.26 Å². The van der Waals surface area contributed by atoms with Gasteiger partial charge in [-0.25, -0.2) is 0 Å². The summed E-state index contributed by atoms with van der Waals surface area (Å²) in [5, 5.41) is 3.87. The molecule has 3 atom stereocenters. The Morgan fingerprint density at radius 3 is 2.67 bits per heavy atom. The normalized spacial score (nSPS) is 23.9. The van der Waals surface area contributed by atoms with E-state index in [0.29, 0.717) is 17.1 Å². The van der Waals surface area contributed by atoms with E-state index in [1.807, 2.05) is 13.1 Å². The fraction of sp³-hybridized carbons (Fsp3) is 0.333. The third-order valence-electron chi connectivity index (χ3n) is 3.79. The van der Waals surface area contributed by atoms with Gasteiger partial charge in [0.15, 0.2) is 5.22 Å². The maximum atomic E-state index is 6.07. The van der Waals surface area contributed by atoms with Crippen molar-refractivity contribution in [3.05, 3.63) is 59.0 Å². The van der Waals surface area contributed by atoms with Gasteiger partial charge in [0.05, 0.1) is 6.26 Å². The molecule has 1 aromatic heterocycles. The van der Waals surface area contributed by atoms with Gasteiger partial charge in [0.2, 0.25) is 0 Å². The molecule has 1 saturated carbocycles. The zero-order valence-electron chi connectivity index (χ0n) is 10.3. The fourth-order valence-corrected chi connectivity index (χ4v) is 3.03. The second kappa shape index (κ2) is 4.79. The molecular formula is C15H16ClNO. The molecule has 2 nitrogen and oxygen atoms in total. The first kappa shape index (κ1) is 11.8. The summed E-state index contributed by atoms with van der Waals surface area (Å²) in [6, 6.07) is 12.9. The van der Waals surface area contributed by atoms with E-state index in [4.69, 9.17) is 16.0 Å². The predicted octanol–water partition coefficient (Wildman–Crippen LogP) is 4.00. The third-order valence-corrected chi connectivity index (χ3v) is 4.10. The van der Waals surface area contributed by atoms with Crippen LogP contribution in [0.5, 0.6) is 0 Å². The van der Waals surface area contributed by atoms with Gasteiger partial charge in [-0.3, -0.25) is 0 Å². The van der Waals surface area contributed by atoms with Gasteiger partial charge in [-0.2, -0.15) is 0 Å². The zero-order chi connectivity index (χ0) is 12.5. The number of furan rings is 1. The van der Waals surface area contributed by atoms with E-state index in [0.717, 1.165) is 5.56 Å². The quantitative estimate of drug-likeness (QED) is 0.900. The van der Waals surface area contributed by atoms with E-state index in [1.165, 1.54) is 12.0 Å². The first-order valence-corrected chi connectivity index (χ1v) is 6.64. The molecular weight excluding hydrogens is 246 g/mol. The molecule has 1 heterocycles. The molecule has 2 aromatic rings. The molecule has 94 valence electrons. The van der Waals surface area contributed by atoms with Gasteiger partial charge in [0.1, 0.15) is 0 Å². The smallest absolute Gasteiger partial charge is 0.197 e. The van der Waals surface area contributed by atoms with Crippen LogP contribution in [0.2, 0.25) is 5.22 Å². The van der Waals surface area contributed by atoms with E-state index in [2.05, 4.69) is 35.6 Å². The van der Waals surface area contributed by atoms with E-state index < -0.39 is 0 Å². The molecule has 18 heavy (non-hydrogen) atoms. The molecule has 0 bridgehead atoms. The molecule has 0 spiro atoms. The Kier molecular flexibility index (Phi) is 3.14. The Hall–Kier alpha value is -1.25. The topological polar surface area (TPSA) is 25.2 Å². The van der Waals surface area contributed by atoms with Crippen LogP contribution in [0.4, 0.5) is 0 Å².